The van der Waals surface area contributed by atoms with Gasteiger partial charge < -0.3 is 0 Å². The smallest absolute Gasteiger partial charge is 0.234 e. The van der Waals surface area contributed by atoms with Crippen molar-refractivity contribution in [1.82, 2.24) is 0 Å². The number of nitrogens with zero attached hydrogens (tertiary/aromatic N) is 4. The Hall–Kier alpha value is -4.94. The van der Waals surface area contributed by atoms with E-state index in [0.717, 1.165) is 33.8 Å². The summed E-state index contributed by atoms with van der Waals surface area (Å²) in [7, 11) is 0. The minimum absolute atomic E-state index is 0.0423. The normalized spacial score (nSPS) is 17.7. The van der Waals surface area contributed by atoms with E-state index < -0.39 is 4.99 Å². The Labute approximate surface area is 262 Å². The molecule has 0 radical (unpaired) electrons. The van der Waals surface area contributed by atoms with Crippen molar-refractivity contribution in [2.45, 2.75) is 31.2 Å². The number of rotatable bonds is 5. The first-order chi connectivity index (χ1) is 21.4. The van der Waals surface area contributed by atoms with Crippen molar-refractivity contribution in [3.05, 3.63) is 167 Å². The second-order valence-corrected chi connectivity index (χ2v) is 13.1. The van der Waals surface area contributed by atoms with Crippen LogP contribution >= 0.6 is 11.8 Å². The topological polar surface area (TPSA) is 48.3 Å². The van der Waals surface area contributed by atoms with Crippen LogP contribution in [0, 0.1) is 0 Å². The molecule has 1 spiro atoms. The number of hydrogen-bond donors (Lipinski definition) is 0. The van der Waals surface area contributed by atoms with E-state index in [1.165, 1.54) is 17.3 Å². The largest absolute Gasteiger partial charge is 0.286 e. The van der Waals surface area contributed by atoms with E-state index >= 15 is 0 Å². The maximum Gasteiger partial charge on any atom is 0.234 e. The molecule has 5 nitrogen and oxygen atoms in total. The van der Waals surface area contributed by atoms with E-state index in [4.69, 9.17) is 10.2 Å². The number of hydrogen-bond acceptors (Lipinski definition) is 6. The Bertz CT molecular complexity index is 1880. The lowest BCUT2D eigenvalue weighted by Gasteiger charge is -2.47. The fourth-order valence-corrected chi connectivity index (χ4v) is 7.07. The Morgan fingerprint density at radius 3 is 1.75 bits per heavy atom. The van der Waals surface area contributed by atoms with Gasteiger partial charge in [0.05, 0.1) is 17.1 Å². The van der Waals surface area contributed by atoms with Gasteiger partial charge in [0, 0.05) is 22.3 Å². The van der Waals surface area contributed by atoms with Gasteiger partial charge in [0.25, 0.3) is 0 Å². The number of benzene rings is 5. The summed E-state index contributed by atoms with van der Waals surface area (Å²) in [4.78, 5) is 13.0. The van der Waals surface area contributed by atoms with E-state index in [2.05, 4.69) is 75.4 Å². The molecule has 5 aromatic carbocycles. The van der Waals surface area contributed by atoms with Crippen molar-refractivity contribution in [3.63, 3.8) is 0 Å². The third-order valence-corrected chi connectivity index (χ3v) is 9.30. The van der Waals surface area contributed by atoms with Crippen molar-refractivity contribution in [2.24, 2.45) is 10.2 Å². The first-order valence-corrected chi connectivity index (χ1v) is 15.6. The minimum atomic E-state index is -1.01. The Kier molecular flexibility index (Phi) is 6.94. The number of Topliss-reactive ketones (excluding diaryl/α,β-unsaturated/α-hetero) is 1. The van der Waals surface area contributed by atoms with Gasteiger partial charge >= 0.3 is 0 Å². The standard InChI is InChI=1S/C38H32N4OS/c1-37(2,3)29-25-23-27(24-26-29)34-32-21-13-14-22-33(32)38(41(39-34)30-17-9-5-10-18-30)42(31-19-11-6-12-20-31)40-36(44-38)35(43)28-15-7-4-8-16-28/h4-26H,1-3H3/t38-/m1/s1. The van der Waals surface area contributed by atoms with E-state index in [-0.39, 0.29) is 11.2 Å². The van der Waals surface area contributed by atoms with Gasteiger partial charge in [0.1, 0.15) is 0 Å². The van der Waals surface area contributed by atoms with Crippen LogP contribution in [0.1, 0.15) is 53.4 Å². The van der Waals surface area contributed by atoms with Crippen molar-refractivity contribution < 1.29 is 4.79 Å². The van der Waals surface area contributed by atoms with E-state index in [9.17, 15) is 4.79 Å². The van der Waals surface area contributed by atoms with Crippen LogP contribution in [0.15, 0.2) is 150 Å². The highest BCUT2D eigenvalue weighted by Gasteiger charge is 2.56. The Morgan fingerprint density at radius 1 is 0.636 bits per heavy atom. The number of anilines is 2. The number of carbonyl (C=O) groups is 1. The molecule has 2 aliphatic rings. The predicted octanol–water partition coefficient (Wildman–Crippen LogP) is 8.82. The molecular formula is C38H32N4OS. The molecule has 1 atom stereocenters. The summed E-state index contributed by atoms with van der Waals surface area (Å²) in [6.45, 7) is 6.67. The molecule has 7 rings (SSSR count). The predicted molar refractivity (Wildman–Crippen MR) is 183 cm³/mol. The number of para-hydroxylation sites is 2. The molecule has 44 heavy (non-hydrogen) atoms. The van der Waals surface area contributed by atoms with Crippen LogP contribution in [0.25, 0.3) is 0 Å². The number of carbonyl (C=O) groups excluding carboxylic acids is 1. The van der Waals surface area contributed by atoms with Crippen molar-refractivity contribution in [3.8, 4) is 0 Å². The summed E-state index contributed by atoms with van der Waals surface area (Å²) in [6, 6.07) is 46.6. The minimum Gasteiger partial charge on any atom is -0.286 e. The molecular weight excluding hydrogens is 561 g/mol. The van der Waals surface area contributed by atoms with Gasteiger partial charge in [-0.25, -0.2) is 10.0 Å². The van der Waals surface area contributed by atoms with Gasteiger partial charge in [-0.1, -0.05) is 136 Å². The SMILES string of the molecule is CC(C)(C)c1ccc(C2=NN(c3ccccc3)[C@]3(SC(C(=O)c4ccccc4)=NN3c3ccccc3)c3ccccc32)cc1. The third kappa shape index (κ3) is 4.72. The van der Waals surface area contributed by atoms with E-state index in [1.807, 2.05) is 94.9 Å². The molecule has 0 N–H and O–H groups in total. The molecule has 0 amide bonds. The molecule has 5 aromatic rings. The second kappa shape index (κ2) is 11.0. The van der Waals surface area contributed by atoms with Gasteiger partial charge in [0.2, 0.25) is 10.8 Å². The fourth-order valence-electron chi connectivity index (χ4n) is 5.72. The Morgan fingerprint density at radius 2 is 1.16 bits per heavy atom. The van der Waals surface area contributed by atoms with Gasteiger partial charge in [-0.05, 0) is 47.0 Å². The Balaban J connectivity index is 1.46. The zero-order valence-electron chi connectivity index (χ0n) is 24.9. The van der Waals surface area contributed by atoms with Crippen LogP contribution in [0.5, 0.6) is 0 Å². The molecule has 0 unspecified atom stereocenters. The lowest BCUT2D eigenvalue weighted by Crippen LogP contribution is -2.54. The zero-order chi connectivity index (χ0) is 30.3. The molecule has 0 saturated heterocycles. The third-order valence-electron chi connectivity index (χ3n) is 7.99. The molecule has 6 heteroatoms. The van der Waals surface area contributed by atoms with Crippen LogP contribution < -0.4 is 10.0 Å². The summed E-state index contributed by atoms with van der Waals surface area (Å²) in [5.41, 5.74) is 7.55. The quantitative estimate of drug-likeness (QED) is 0.191. The molecule has 0 aliphatic carbocycles. The lowest BCUT2D eigenvalue weighted by molar-refractivity contribution is 0.106. The van der Waals surface area contributed by atoms with Gasteiger partial charge in [-0.2, -0.15) is 10.2 Å². The van der Waals surface area contributed by atoms with Crippen LogP contribution in [-0.2, 0) is 10.4 Å². The molecule has 2 heterocycles. The molecule has 0 bridgehead atoms. The maximum atomic E-state index is 14.0. The number of hydrazone groups is 2. The van der Waals surface area contributed by atoms with Crippen LogP contribution in [0.3, 0.4) is 0 Å². The second-order valence-electron chi connectivity index (χ2n) is 11.9. The fraction of sp³-hybridized carbons (Fsp3) is 0.132. The molecule has 0 fully saturated rings. The molecule has 0 saturated carbocycles. The first kappa shape index (κ1) is 27.9. The number of ketones is 1. The summed E-state index contributed by atoms with van der Waals surface area (Å²) in [6.07, 6.45) is 0. The highest BCUT2D eigenvalue weighted by atomic mass is 32.2. The van der Waals surface area contributed by atoms with Gasteiger partial charge in [-0.3, -0.25) is 4.79 Å². The van der Waals surface area contributed by atoms with Crippen molar-refractivity contribution in [1.29, 1.82) is 0 Å². The number of thioether (sulfide) groups is 1. The average molecular weight is 593 g/mol. The highest BCUT2D eigenvalue weighted by Crippen LogP contribution is 2.55. The molecule has 216 valence electrons. The maximum absolute atomic E-state index is 14.0. The monoisotopic (exact) mass is 592 g/mol. The summed E-state index contributed by atoms with van der Waals surface area (Å²) >= 11 is 1.43. The number of fused-ring (bicyclic) bond motifs is 2. The van der Waals surface area contributed by atoms with E-state index in [1.54, 1.807) is 0 Å². The van der Waals surface area contributed by atoms with Crippen LogP contribution in [-0.4, -0.2) is 16.5 Å². The summed E-state index contributed by atoms with van der Waals surface area (Å²) in [5.74, 6) is -0.119. The van der Waals surface area contributed by atoms with Crippen molar-refractivity contribution >= 4 is 39.7 Å². The lowest BCUT2D eigenvalue weighted by atomic mass is 9.85. The molecule has 2 aliphatic heterocycles. The first-order valence-electron chi connectivity index (χ1n) is 14.7. The van der Waals surface area contributed by atoms with Crippen molar-refractivity contribution in [2.75, 3.05) is 10.0 Å². The highest BCUT2D eigenvalue weighted by molar-refractivity contribution is 8.17. The summed E-state index contributed by atoms with van der Waals surface area (Å²) < 4.78 is 0. The van der Waals surface area contributed by atoms with Crippen LogP contribution in [0.2, 0.25) is 0 Å². The van der Waals surface area contributed by atoms with Gasteiger partial charge in [0.15, 0.2) is 5.04 Å². The molecule has 0 aromatic heterocycles. The van der Waals surface area contributed by atoms with E-state index in [0.29, 0.717) is 10.6 Å². The van der Waals surface area contributed by atoms with Gasteiger partial charge in [-0.15, -0.1) is 0 Å². The van der Waals surface area contributed by atoms with Crippen LogP contribution in [0.4, 0.5) is 11.4 Å². The zero-order valence-corrected chi connectivity index (χ0v) is 25.7. The average Bonchev–Trinajstić information content (AvgIpc) is 3.46. The summed E-state index contributed by atoms with van der Waals surface area (Å²) in [5, 5.41) is 14.9.